The zero-order chi connectivity index (χ0) is 41.9. The number of ether oxygens (including phenoxy) is 2. The average molecular weight is 803 g/mol. The van der Waals surface area contributed by atoms with E-state index in [0.717, 1.165) is 35.3 Å². The van der Waals surface area contributed by atoms with Gasteiger partial charge < -0.3 is 55.3 Å². The molecular formula is C33H29F3N8O13. The molecule has 3 heterocycles. The minimum absolute atomic E-state index is 0.0225. The maximum Gasteiger partial charge on any atom is 0.491 e. The van der Waals surface area contributed by atoms with Gasteiger partial charge in [-0.25, -0.2) is 19.1 Å². The summed E-state index contributed by atoms with van der Waals surface area (Å²) < 4.78 is 54.7. The highest BCUT2D eigenvalue weighted by Crippen LogP contribution is 2.36. The van der Waals surface area contributed by atoms with E-state index in [1.165, 1.54) is 17.8 Å². The van der Waals surface area contributed by atoms with Crippen LogP contribution in [0.2, 0.25) is 0 Å². The largest absolute Gasteiger partial charge is 0.504 e. The van der Waals surface area contributed by atoms with Gasteiger partial charge in [-0.3, -0.25) is 19.8 Å². The molecule has 24 heteroatoms. The second kappa shape index (κ2) is 16.0. The molecule has 0 bridgehead atoms. The highest BCUT2D eigenvalue weighted by molar-refractivity contribution is 6.07. The Balaban J connectivity index is 1.34. The smallest absolute Gasteiger partial charge is 0.491 e. The minimum atomic E-state index is -5.50. The van der Waals surface area contributed by atoms with E-state index in [2.05, 4.69) is 25.7 Å². The van der Waals surface area contributed by atoms with Crippen LogP contribution >= 0.6 is 0 Å². The lowest BCUT2D eigenvalue weighted by atomic mass is 10.0. The molecule has 1 amide bonds. The third-order valence-electron chi connectivity index (χ3n) is 8.07. The summed E-state index contributed by atoms with van der Waals surface area (Å²) in [5, 5.41) is 59.2. The lowest BCUT2D eigenvalue weighted by Crippen LogP contribution is -2.45. The van der Waals surface area contributed by atoms with Gasteiger partial charge >= 0.3 is 24.1 Å². The Morgan fingerprint density at radius 2 is 1.72 bits per heavy atom. The van der Waals surface area contributed by atoms with Gasteiger partial charge in [-0.05, 0) is 18.9 Å². The summed E-state index contributed by atoms with van der Waals surface area (Å²) in [6.45, 7) is -1.46. The number of aromatic nitrogens is 4. The SMILES string of the molecule is Cn1cc(-c2coc3cc(O)c(O)c(C(=O)OCc4cn(CC(=O)N[C@@H](CCCNC(=N)N)C(=O)OC(=O)C(F)(F)F)nn4)c3c2=O)c(=O)c2cc(O)c(O)cc21. The van der Waals surface area contributed by atoms with Crippen LogP contribution < -0.4 is 27.2 Å². The number of halogens is 3. The van der Waals surface area contributed by atoms with E-state index < -0.39 is 111 Å². The summed E-state index contributed by atoms with van der Waals surface area (Å²) in [7, 11) is 1.48. The van der Waals surface area contributed by atoms with Gasteiger partial charge in [-0.15, -0.1) is 5.10 Å². The quantitative estimate of drug-likeness (QED) is 0.0212. The molecule has 5 rings (SSSR count). The van der Waals surface area contributed by atoms with E-state index in [0.29, 0.717) is 0 Å². The number of hydrogen-bond acceptors (Lipinski definition) is 16. The number of aryl methyl sites for hydroxylation is 1. The summed E-state index contributed by atoms with van der Waals surface area (Å²) >= 11 is 0. The predicted octanol–water partition coefficient (Wildman–Crippen LogP) is 0.463. The number of alkyl halides is 3. The molecule has 0 aliphatic rings. The number of amides is 1. The molecule has 2 aromatic carbocycles. The normalized spacial score (nSPS) is 11.9. The van der Waals surface area contributed by atoms with Gasteiger partial charge in [0, 0.05) is 31.9 Å². The highest BCUT2D eigenvalue weighted by Gasteiger charge is 2.43. The third kappa shape index (κ3) is 8.84. The molecule has 0 aliphatic heterocycles. The molecule has 3 aromatic heterocycles. The zero-order valence-corrected chi connectivity index (χ0v) is 29.0. The number of carbonyl (C=O) groups is 4. The first kappa shape index (κ1) is 40.5. The number of phenolic OH excluding ortho intramolecular Hbond substituents is 4. The van der Waals surface area contributed by atoms with Crippen LogP contribution in [0.1, 0.15) is 28.9 Å². The summed E-state index contributed by atoms with van der Waals surface area (Å²) in [4.78, 5) is 76.8. The van der Waals surface area contributed by atoms with Crippen molar-refractivity contribution in [3.8, 4) is 34.1 Å². The van der Waals surface area contributed by atoms with E-state index in [4.69, 9.17) is 20.3 Å². The van der Waals surface area contributed by atoms with Crippen molar-refractivity contribution < 1.29 is 66.7 Å². The first-order valence-corrected chi connectivity index (χ1v) is 16.1. The number of rotatable bonds is 12. The highest BCUT2D eigenvalue weighted by atomic mass is 19.4. The molecule has 5 aromatic rings. The van der Waals surface area contributed by atoms with E-state index in [-0.39, 0.29) is 41.5 Å². The number of phenols is 4. The summed E-state index contributed by atoms with van der Waals surface area (Å²) in [5.74, 6) is -10.5. The topological polar surface area (TPSA) is 325 Å². The van der Waals surface area contributed by atoms with E-state index in [9.17, 15) is 62.4 Å². The molecule has 21 nitrogen and oxygen atoms in total. The maximum absolute atomic E-state index is 13.9. The Labute approximate surface area is 314 Å². The van der Waals surface area contributed by atoms with Crippen LogP contribution in [0.25, 0.3) is 33.0 Å². The number of nitrogens with zero attached hydrogens (tertiary/aromatic N) is 4. The molecule has 0 unspecified atom stereocenters. The Bertz CT molecular complexity index is 2580. The average Bonchev–Trinajstić information content (AvgIpc) is 3.58. The molecule has 300 valence electrons. The number of hydrogen-bond donors (Lipinski definition) is 8. The summed E-state index contributed by atoms with van der Waals surface area (Å²) in [6.07, 6.45) is -2.68. The van der Waals surface area contributed by atoms with Crippen molar-refractivity contribution in [2.45, 2.75) is 38.2 Å². The molecule has 1 atom stereocenters. The second-order valence-corrected chi connectivity index (χ2v) is 12.1. The molecule has 0 spiro atoms. The van der Waals surface area contributed by atoms with E-state index in [1.54, 1.807) is 0 Å². The van der Waals surface area contributed by atoms with Crippen LogP contribution in [0.15, 0.2) is 50.9 Å². The van der Waals surface area contributed by atoms with Crippen molar-refractivity contribution in [1.82, 2.24) is 30.2 Å². The van der Waals surface area contributed by atoms with Crippen molar-refractivity contribution in [3.05, 3.63) is 68.6 Å². The van der Waals surface area contributed by atoms with Crippen molar-refractivity contribution in [2.75, 3.05) is 6.54 Å². The minimum Gasteiger partial charge on any atom is -0.504 e. The van der Waals surface area contributed by atoms with Gasteiger partial charge in [-0.2, -0.15) is 13.2 Å². The van der Waals surface area contributed by atoms with Crippen molar-refractivity contribution in [2.24, 2.45) is 12.8 Å². The number of aromatic hydroxyl groups is 4. The van der Waals surface area contributed by atoms with E-state index >= 15 is 0 Å². The Hall–Kier alpha value is -7.66. The molecule has 9 N–H and O–H groups in total. The number of nitrogens with two attached hydrogens (primary N) is 1. The fourth-order valence-electron chi connectivity index (χ4n) is 5.43. The number of carbonyl (C=O) groups excluding carboxylic acids is 4. The van der Waals surface area contributed by atoms with Crippen molar-refractivity contribution in [3.63, 3.8) is 0 Å². The fourth-order valence-corrected chi connectivity index (χ4v) is 5.43. The number of guanidine groups is 1. The van der Waals surface area contributed by atoms with Crippen LogP contribution in [0, 0.1) is 5.41 Å². The van der Waals surface area contributed by atoms with Gasteiger partial charge in [0.2, 0.25) is 11.3 Å². The van der Waals surface area contributed by atoms with E-state index in [1.807, 2.05) is 0 Å². The monoisotopic (exact) mass is 802 g/mol. The Morgan fingerprint density at radius 1 is 1.02 bits per heavy atom. The van der Waals surface area contributed by atoms with Crippen molar-refractivity contribution in [1.29, 1.82) is 5.41 Å². The van der Waals surface area contributed by atoms with Crippen molar-refractivity contribution >= 4 is 51.6 Å². The third-order valence-corrected chi connectivity index (χ3v) is 8.07. The Kier molecular flexibility index (Phi) is 11.4. The van der Waals surface area contributed by atoms with Gasteiger partial charge in [0.15, 0.2) is 34.4 Å². The number of nitrogens with one attached hydrogen (secondary N) is 3. The predicted molar refractivity (Wildman–Crippen MR) is 185 cm³/mol. The number of benzene rings is 2. The van der Waals surface area contributed by atoms with Gasteiger partial charge in [-0.1, -0.05) is 5.21 Å². The standard InChI is InChI=1S/C33H29F3N8O13/c1-43-9-15(26(49)14-5-19(45)20(46)6-18(14)43)16-12-55-22-7-21(47)28(51)25(24(22)27(16)50)30(53)56-11-13-8-44(42-41-13)10-23(48)40-17(3-2-4-39-32(37)38)29(52)57-31(54)33(34,35)36/h5-9,12,17,45-47,51H,2-4,10-11H2,1H3,(H,40,48)(H4,37,38,39)/t17-/m0/s1. The lowest BCUT2D eigenvalue weighted by molar-refractivity contribution is -0.202. The first-order valence-electron chi connectivity index (χ1n) is 16.1. The number of esters is 3. The van der Waals surface area contributed by atoms with Gasteiger partial charge in [0.25, 0.3) is 0 Å². The number of fused-ring (bicyclic) bond motifs is 2. The fraction of sp³-hybridized carbons (Fsp3) is 0.242. The molecule has 0 radical (unpaired) electrons. The lowest BCUT2D eigenvalue weighted by Gasteiger charge is -2.17. The van der Waals surface area contributed by atoms with Crippen LogP contribution in [0.4, 0.5) is 13.2 Å². The Morgan fingerprint density at radius 3 is 2.40 bits per heavy atom. The molecule has 0 saturated carbocycles. The van der Waals surface area contributed by atoms with Crippen LogP contribution in [-0.4, -0.2) is 88.5 Å². The maximum atomic E-state index is 13.9. The zero-order valence-electron chi connectivity index (χ0n) is 29.0. The van der Waals surface area contributed by atoms with Crippen LogP contribution in [0.5, 0.6) is 23.0 Å². The van der Waals surface area contributed by atoms with Crippen LogP contribution in [0.3, 0.4) is 0 Å². The molecule has 57 heavy (non-hydrogen) atoms. The van der Waals surface area contributed by atoms with Gasteiger partial charge in [0.05, 0.1) is 33.6 Å². The molecule has 0 aliphatic carbocycles. The first-order chi connectivity index (χ1) is 26.8. The second-order valence-electron chi connectivity index (χ2n) is 12.1. The molecular weight excluding hydrogens is 773 g/mol. The molecule has 0 saturated heterocycles. The molecule has 0 fully saturated rings. The summed E-state index contributed by atoms with van der Waals surface area (Å²) in [6, 6.07) is 1.21. The van der Waals surface area contributed by atoms with Gasteiger partial charge in [0.1, 0.15) is 42.3 Å². The van der Waals surface area contributed by atoms with Crippen LogP contribution in [-0.2, 0) is 44.1 Å². The number of pyridine rings is 1. The summed E-state index contributed by atoms with van der Waals surface area (Å²) in [5.41, 5.74) is 1.49.